The zero-order chi connectivity index (χ0) is 12.1. The van der Waals surface area contributed by atoms with Crippen LogP contribution >= 0.6 is 0 Å². The molecule has 0 unspecified atom stereocenters. The van der Waals surface area contributed by atoms with Gasteiger partial charge in [0.05, 0.1) is 6.54 Å². The van der Waals surface area contributed by atoms with E-state index < -0.39 is 0 Å². The molecule has 1 heterocycles. The number of nitrogens with two attached hydrogens (primary N) is 1. The summed E-state index contributed by atoms with van der Waals surface area (Å²) in [7, 11) is 0. The fourth-order valence-corrected chi connectivity index (χ4v) is 1.38. The van der Waals surface area contributed by atoms with Gasteiger partial charge in [0.15, 0.2) is 0 Å². The van der Waals surface area contributed by atoms with E-state index in [4.69, 9.17) is 5.84 Å². The van der Waals surface area contributed by atoms with Crippen molar-refractivity contribution in [3.05, 3.63) is 48.0 Å². The Balaban J connectivity index is 1.95. The summed E-state index contributed by atoms with van der Waals surface area (Å²) in [5.74, 6) is 5.81. The van der Waals surface area contributed by atoms with Crippen molar-refractivity contribution in [3.63, 3.8) is 0 Å². The van der Waals surface area contributed by atoms with Crippen LogP contribution in [0.5, 0.6) is 0 Å². The van der Waals surface area contributed by atoms with E-state index in [-0.39, 0.29) is 5.91 Å². The van der Waals surface area contributed by atoms with Gasteiger partial charge in [-0.3, -0.25) is 10.6 Å². The lowest BCUT2D eigenvalue weighted by molar-refractivity contribution is 0.0950. The average molecular weight is 231 g/mol. The molecule has 88 valence electrons. The molecule has 2 aromatic rings. The van der Waals surface area contributed by atoms with E-state index in [0.29, 0.717) is 12.1 Å². The predicted molar refractivity (Wildman–Crippen MR) is 64.0 cm³/mol. The minimum atomic E-state index is -0.148. The van der Waals surface area contributed by atoms with Crippen LogP contribution in [0.25, 0.3) is 0 Å². The third-order valence-electron chi connectivity index (χ3n) is 2.28. The second kappa shape index (κ2) is 5.13. The Morgan fingerprint density at radius 1 is 1.35 bits per heavy atom. The maximum absolute atomic E-state index is 11.7. The Kier molecular flexibility index (Phi) is 3.37. The van der Waals surface area contributed by atoms with Crippen molar-refractivity contribution in [2.75, 3.05) is 5.43 Å². The zero-order valence-corrected chi connectivity index (χ0v) is 9.10. The number of benzene rings is 1. The summed E-state index contributed by atoms with van der Waals surface area (Å²) in [5.41, 5.74) is 3.84. The summed E-state index contributed by atoms with van der Waals surface area (Å²) in [6, 6.07) is 6.88. The highest BCUT2D eigenvalue weighted by atomic mass is 16.1. The Morgan fingerprint density at radius 3 is 2.71 bits per heavy atom. The molecule has 0 spiro atoms. The van der Waals surface area contributed by atoms with Crippen molar-refractivity contribution in [1.82, 2.24) is 15.3 Å². The lowest BCUT2D eigenvalue weighted by atomic mass is 10.2. The maximum atomic E-state index is 11.7. The van der Waals surface area contributed by atoms with E-state index in [1.54, 1.807) is 36.7 Å². The fourth-order valence-electron chi connectivity index (χ4n) is 1.38. The Hall–Kier alpha value is -2.34. The van der Waals surface area contributed by atoms with E-state index in [2.05, 4.69) is 20.7 Å². The summed E-state index contributed by atoms with van der Waals surface area (Å²) >= 11 is 0. The fraction of sp³-hybridized carbons (Fsp3) is 0.0909. The number of aromatic nitrogens is 2. The van der Waals surface area contributed by atoms with Crippen LogP contribution in [-0.4, -0.2) is 15.9 Å². The highest BCUT2D eigenvalue weighted by molar-refractivity contribution is 5.94. The van der Waals surface area contributed by atoms with Gasteiger partial charge in [-0.25, -0.2) is 4.98 Å². The van der Waals surface area contributed by atoms with Gasteiger partial charge < -0.3 is 15.7 Å². The number of aromatic amines is 1. The monoisotopic (exact) mass is 231 g/mol. The molecule has 0 fully saturated rings. The van der Waals surface area contributed by atoms with Crippen LogP contribution < -0.4 is 16.6 Å². The molecule has 1 aromatic carbocycles. The van der Waals surface area contributed by atoms with Crippen molar-refractivity contribution in [2.24, 2.45) is 5.84 Å². The standard InChI is InChI=1S/C11H13N5O/c12-16-9-3-1-8(2-4-9)11(17)15-7-10-13-5-6-14-10/h1-6,16H,7,12H2,(H,13,14)(H,15,17). The first-order valence-corrected chi connectivity index (χ1v) is 5.13. The number of carbonyl (C=O) groups excluding carboxylic acids is 1. The molecule has 6 heteroatoms. The normalized spacial score (nSPS) is 9.94. The summed E-state index contributed by atoms with van der Waals surface area (Å²) < 4.78 is 0. The van der Waals surface area contributed by atoms with E-state index in [0.717, 1.165) is 11.5 Å². The van der Waals surface area contributed by atoms with Gasteiger partial charge in [0.25, 0.3) is 5.91 Å². The molecule has 0 bridgehead atoms. The van der Waals surface area contributed by atoms with Gasteiger partial charge in [-0.2, -0.15) is 0 Å². The van der Waals surface area contributed by atoms with E-state index in [1.165, 1.54) is 0 Å². The number of nitrogens with zero attached hydrogens (tertiary/aromatic N) is 1. The highest BCUT2D eigenvalue weighted by Gasteiger charge is 2.05. The van der Waals surface area contributed by atoms with Gasteiger partial charge >= 0.3 is 0 Å². The van der Waals surface area contributed by atoms with Crippen LogP contribution in [0.1, 0.15) is 16.2 Å². The third-order valence-corrected chi connectivity index (χ3v) is 2.28. The number of nitrogen functional groups attached to an aromatic ring is 1. The van der Waals surface area contributed by atoms with Crippen molar-refractivity contribution in [2.45, 2.75) is 6.54 Å². The molecular formula is C11H13N5O. The van der Waals surface area contributed by atoms with E-state index in [1.807, 2.05) is 0 Å². The number of imidazole rings is 1. The largest absolute Gasteiger partial charge is 0.347 e. The van der Waals surface area contributed by atoms with Gasteiger partial charge in [0.1, 0.15) is 5.82 Å². The first-order chi connectivity index (χ1) is 8.29. The molecule has 0 aliphatic carbocycles. The second-order valence-corrected chi connectivity index (χ2v) is 3.44. The summed E-state index contributed by atoms with van der Waals surface area (Å²) in [6.07, 6.45) is 3.35. The molecule has 0 saturated heterocycles. The van der Waals surface area contributed by atoms with E-state index >= 15 is 0 Å². The number of H-pyrrole nitrogens is 1. The first kappa shape index (κ1) is 11.2. The van der Waals surface area contributed by atoms with Crippen LogP contribution in [0.2, 0.25) is 0 Å². The topological polar surface area (TPSA) is 95.8 Å². The quantitative estimate of drug-likeness (QED) is 0.458. The number of anilines is 1. The molecular weight excluding hydrogens is 218 g/mol. The predicted octanol–water partition coefficient (Wildman–Crippen LogP) is 0.625. The molecule has 0 aliphatic heterocycles. The number of hydrogen-bond donors (Lipinski definition) is 4. The molecule has 1 aromatic heterocycles. The Bertz CT molecular complexity index is 477. The summed E-state index contributed by atoms with van der Waals surface area (Å²) in [5, 5.41) is 2.75. The van der Waals surface area contributed by atoms with Crippen molar-refractivity contribution in [1.29, 1.82) is 0 Å². The number of rotatable bonds is 4. The molecule has 0 radical (unpaired) electrons. The van der Waals surface area contributed by atoms with Gasteiger partial charge in [-0.15, -0.1) is 0 Å². The van der Waals surface area contributed by atoms with Crippen molar-refractivity contribution < 1.29 is 4.79 Å². The minimum Gasteiger partial charge on any atom is -0.347 e. The maximum Gasteiger partial charge on any atom is 0.251 e. The van der Waals surface area contributed by atoms with Gasteiger partial charge in [0, 0.05) is 23.6 Å². The molecule has 6 nitrogen and oxygen atoms in total. The van der Waals surface area contributed by atoms with Gasteiger partial charge in [0.2, 0.25) is 0 Å². The van der Waals surface area contributed by atoms with E-state index in [9.17, 15) is 4.79 Å². The minimum absolute atomic E-state index is 0.148. The highest BCUT2D eigenvalue weighted by Crippen LogP contribution is 2.07. The molecule has 2 rings (SSSR count). The zero-order valence-electron chi connectivity index (χ0n) is 9.10. The van der Waals surface area contributed by atoms with Gasteiger partial charge in [-0.1, -0.05) is 0 Å². The number of nitrogens with one attached hydrogen (secondary N) is 3. The smallest absolute Gasteiger partial charge is 0.251 e. The van der Waals surface area contributed by atoms with Crippen molar-refractivity contribution >= 4 is 11.6 Å². The Morgan fingerprint density at radius 2 is 2.12 bits per heavy atom. The molecule has 0 saturated carbocycles. The Labute approximate surface area is 98.2 Å². The average Bonchev–Trinajstić information content (AvgIpc) is 2.89. The van der Waals surface area contributed by atoms with Crippen LogP contribution in [0, 0.1) is 0 Å². The molecule has 1 amide bonds. The lowest BCUT2D eigenvalue weighted by Crippen LogP contribution is -2.23. The molecule has 17 heavy (non-hydrogen) atoms. The molecule has 0 aliphatic rings. The number of hydrogen-bond acceptors (Lipinski definition) is 4. The summed E-state index contributed by atoms with van der Waals surface area (Å²) in [4.78, 5) is 18.7. The van der Waals surface area contributed by atoms with Crippen molar-refractivity contribution in [3.8, 4) is 0 Å². The number of carbonyl (C=O) groups is 1. The summed E-state index contributed by atoms with van der Waals surface area (Å²) in [6.45, 7) is 0.378. The van der Waals surface area contributed by atoms with Crippen LogP contribution in [0.15, 0.2) is 36.7 Å². The van der Waals surface area contributed by atoms with Crippen LogP contribution in [0.3, 0.4) is 0 Å². The third kappa shape index (κ3) is 2.82. The molecule has 0 atom stereocenters. The lowest BCUT2D eigenvalue weighted by Gasteiger charge is -2.04. The van der Waals surface area contributed by atoms with Gasteiger partial charge in [-0.05, 0) is 24.3 Å². The van der Waals surface area contributed by atoms with Crippen LogP contribution in [-0.2, 0) is 6.54 Å². The first-order valence-electron chi connectivity index (χ1n) is 5.13. The number of hydrazine groups is 1. The number of amides is 1. The SMILES string of the molecule is NNc1ccc(C(=O)NCc2ncc[nH]2)cc1. The second-order valence-electron chi connectivity index (χ2n) is 3.44. The van der Waals surface area contributed by atoms with Crippen LogP contribution in [0.4, 0.5) is 5.69 Å². The molecule has 5 N–H and O–H groups in total.